The number of carbonyl (C=O) groups is 1. The number of fused-ring (bicyclic) bond motifs is 1. The zero-order chi connectivity index (χ0) is 11.1. The molecule has 0 amide bonds. The van der Waals surface area contributed by atoms with Gasteiger partial charge < -0.3 is 5.11 Å². The van der Waals surface area contributed by atoms with Crippen LogP contribution in [-0.4, -0.2) is 11.1 Å². The third-order valence-electron chi connectivity index (χ3n) is 3.18. The Morgan fingerprint density at radius 1 is 1.12 bits per heavy atom. The lowest BCUT2D eigenvalue weighted by Crippen LogP contribution is -1.99. The molecule has 1 N–H and O–H groups in total. The van der Waals surface area contributed by atoms with Gasteiger partial charge in [-0.1, -0.05) is 30.3 Å². The van der Waals surface area contributed by atoms with Crippen molar-refractivity contribution < 1.29 is 9.90 Å². The Kier molecular flexibility index (Phi) is 1.96. The van der Waals surface area contributed by atoms with E-state index in [4.69, 9.17) is 0 Å². The summed E-state index contributed by atoms with van der Waals surface area (Å²) in [5, 5.41) is 11.2. The molecule has 0 radical (unpaired) electrons. The van der Waals surface area contributed by atoms with Crippen molar-refractivity contribution in [2.75, 3.05) is 0 Å². The second kappa shape index (κ2) is 3.34. The van der Waals surface area contributed by atoms with E-state index in [1.54, 1.807) is 6.07 Å². The summed E-state index contributed by atoms with van der Waals surface area (Å²) < 4.78 is 0. The molecule has 0 bridgehead atoms. The number of benzene rings is 2. The topological polar surface area (TPSA) is 37.3 Å². The van der Waals surface area contributed by atoms with Gasteiger partial charge in [0, 0.05) is 0 Å². The SMILES string of the molecule is O=C(O)c1cccc2cccc(C3CC3)c12. The number of hydrogen-bond donors (Lipinski definition) is 1. The normalized spacial score (nSPS) is 15.2. The largest absolute Gasteiger partial charge is 0.478 e. The van der Waals surface area contributed by atoms with Crippen molar-refractivity contribution in [1.29, 1.82) is 0 Å². The van der Waals surface area contributed by atoms with Crippen molar-refractivity contribution in [3.05, 3.63) is 47.5 Å². The third-order valence-corrected chi connectivity index (χ3v) is 3.18. The quantitative estimate of drug-likeness (QED) is 0.828. The van der Waals surface area contributed by atoms with E-state index in [-0.39, 0.29) is 0 Å². The van der Waals surface area contributed by atoms with Gasteiger partial charge in [0.05, 0.1) is 5.56 Å². The van der Waals surface area contributed by atoms with Crippen LogP contribution in [0.4, 0.5) is 0 Å². The Hall–Kier alpha value is -1.83. The minimum atomic E-state index is -0.835. The first-order valence-corrected chi connectivity index (χ1v) is 5.52. The summed E-state index contributed by atoms with van der Waals surface area (Å²) in [6, 6.07) is 11.5. The first kappa shape index (κ1) is 9.40. The first-order chi connectivity index (χ1) is 7.77. The lowest BCUT2D eigenvalue weighted by molar-refractivity contribution is 0.0699. The maximum Gasteiger partial charge on any atom is 0.336 e. The Morgan fingerprint density at radius 2 is 1.81 bits per heavy atom. The molecule has 1 aliphatic carbocycles. The van der Waals surface area contributed by atoms with E-state index in [1.165, 1.54) is 18.4 Å². The third kappa shape index (κ3) is 1.38. The molecule has 0 unspecified atom stereocenters. The van der Waals surface area contributed by atoms with E-state index in [2.05, 4.69) is 6.07 Å². The van der Waals surface area contributed by atoms with E-state index < -0.39 is 5.97 Å². The lowest BCUT2D eigenvalue weighted by Gasteiger charge is -2.08. The fraction of sp³-hybridized carbons (Fsp3) is 0.214. The number of carboxylic acid groups (broad SMARTS) is 1. The molecule has 2 aromatic carbocycles. The highest BCUT2D eigenvalue weighted by atomic mass is 16.4. The van der Waals surface area contributed by atoms with Crippen LogP contribution in [0.3, 0.4) is 0 Å². The Bertz CT molecular complexity index is 563. The maximum atomic E-state index is 11.2. The van der Waals surface area contributed by atoms with Gasteiger partial charge in [-0.05, 0) is 41.2 Å². The van der Waals surface area contributed by atoms with Crippen LogP contribution in [0.15, 0.2) is 36.4 Å². The molecule has 1 aliphatic rings. The van der Waals surface area contributed by atoms with Gasteiger partial charge in [-0.2, -0.15) is 0 Å². The summed E-state index contributed by atoms with van der Waals surface area (Å²) in [5.41, 5.74) is 1.63. The second-order valence-corrected chi connectivity index (χ2v) is 4.33. The van der Waals surface area contributed by atoms with Crippen LogP contribution >= 0.6 is 0 Å². The molecule has 0 spiro atoms. The Labute approximate surface area is 93.5 Å². The molecule has 2 aromatic rings. The maximum absolute atomic E-state index is 11.2. The van der Waals surface area contributed by atoms with Crippen LogP contribution in [0.25, 0.3) is 10.8 Å². The van der Waals surface area contributed by atoms with Gasteiger partial charge in [-0.3, -0.25) is 0 Å². The van der Waals surface area contributed by atoms with Gasteiger partial charge in [0.2, 0.25) is 0 Å². The van der Waals surface area contributed by atoms with Crippen molar-refractivity contribution in [3.8, 4) is 0 Å². The first-order valence-electron chi connectivity index (χ1n) is 5.52. The predicted octanol–water partition coefficient (Wildman–Crippen LogP) is 3.42. The summed E-state index contributed by atoms with van der Waals surface area (Å²) in [6.07, 6.45) is 2.38. The molecular weight excluding hydrogens is 200 g/mol. The van der Waals surface area contributed by atoms with Crippen molar-refractivity contribution in [2.24, 2.45) is 0 Å². The van der Waals surface area contributed by atoms with Gasteiger partial charge in [0.15, 0.2) is 0 Å². The molecule has 0 aromatic heterocycles. The minimum Gasteiger partial charge on any atom is -0.478 e. The van der Waals surface area contributed by atoms with Crippen molar-refractivity contribution in [1.82, 2.24) is 0 Å². The van der Waals surface area contributed by atoms with Gasteiger partial charge in [0.25, 0.3) is 0 Å². The summed E-state index contributed by atoms with van der Waals surface area (Å²) in [5.74, 6) is -0.261. The highest BCUT2D eigenvalue weighted by Gasteiger charge is 2.26. The number of hydrogen-bond acceptors (Lipinski definition) is 1. The predicted molar refractivity (Wildman–Crippen MR) is 62.9 cm³/mol. The van der Waals surface area contributed by atoms with Gasteiger partial charge in [-0.25, -0.2) is 4.79 Å². The number of aromatic carboxylic acids is 1. The van der Waals surface area contributed by atoms with E-state index in [0.717, 1.165) is 10.8 Å². The lowest BCUT2D eigenvalue weighted by atomic mass is 9.96. The molecular formula is C14H12O2. The summed E-state index contributed by atoms with van der Waals surface area (Å²) in [6.45, 7) is 0. The highest BCUT2D eigenvalue weighted by Crippen LogP contribution is 2.43. The second-order valence-electron chi connectivity index (χ2n) is 4.33. The molecule has 0 heterocycles. The molecule has 1 saturated carbocycles. The minimum absolute atomic E-state index is 0.431. The summed E-state index contributed by atoms with van der Waals surface area (Å²) in [4.78, 5) is 11.2. The van der Waals surface area contributed by atoms with Crippen molar-refractivity contribution in [2.45, 2.75) is 18.8 Å². The Balaban J connectivity index is 2.37. The van der Waals surface area contributed by atoms with Crippen LogP contribution in [0.1, 0.15) is 34.7 Å². The zero-order valence-electron chi connectivity index (χ0n) is 8.81. The molecule has 0 saturated heterocycles. The van der Waals surface area contributed by atoms with Crippen molar-refractivity contribution >= 4 is 16.7 Å². The number of carboxylic acids is 1. The van der Waals surface area contributed by atoms with E-state index in [9.17, 15) is 9.90 Å². The standard InChI is InChI=1S/C14H12O2/c15-14(16)12-6-2-4-10-3-1-5-11(13(10)12)9-7-8-9/h1-6,9H,7-8H2,(H,15,16). The van der Waals surface area contributed by atoms with Crippen LogP contribution in [0.2, 0.25) is 0 Å². The average molecular weight is 212 g/mol. The van der Waals surface area contributed by atoms with Crippen LogP contribution in [0, 0.1) is 0 Å². The van der Waals surface area contributed by atoms with Crippen LogP contribution < -0.4 is 0 Å². The van der Waals surface area contributed by atoms with Crippen LogP contribution in [-0.2, 0) is 0 Å². The molecule has 16 heavy (non-hydrogen) atoms. The summed E-state index contributed by atoms with van der Waals surface area (Å²) >= 11 is 0. The number of rotatable bonds is 2. The van der Waals surface area contributed by atoms with Gasteiger partial charge in [0.1, 0.15) is 0 Å². The highest BCUT2D eigenvalue weighted by molar-refractivity contribution is 6.05. The zero-order valence-corrected chi connectivity index (χ0v) is 8.81. The molecule has 0 aliphatic heterocycles. The van der Waals surface area contributed by atoms with Gasteiger partial charge >= 0.3 is 5.97 Å². The molecule has 2 nitrogen and oxygen atoms in total. The fourth-order valence-corrected chi connectivity index (χ4v) is 2.28. The van der Waals surface area contributed by atoms with E-state index >= 15 is 0 Å². The average Bonchev–Trinajstić information content (AvgIpc) is 3.11. The molecule has 1 fully saturated rings. The van der Waals surface area contributed by atoms with Crippen molar-refractivity contribution in [3.63, 3.8) is 0 Å². The molecule has 2 heteroatoms. The van der Waals surface area contributed by atoms with E-state index in [0.29, 0.717) is 11.5 Å². The molecule has 3 rings (SSSR count). The van der Waals surface area contributed by atoms with E-state index in [1.807, 2.05) is 24.3 Å². The summed E-state index contributed by atoms with van der Waals surface area (Å²) in [7, 11) is 0. The van der Waals surface area contributed by atoms with Gasteiger partial charge in [-0.15, -0.1) is 0 Å². The van der Waals surface area contributed by atoms with Crippen LogP contribution in [0.5, 0.6) is 0 Å². The monoisotopic (exact) mass is 212 g/mol. The Morgan fingerprint density at radius 3 is 2.44 bits per heavy atom. The smallest absolute Gasteiger partial charge is 0.336 e. The molecule has 80 valence electrons. The molecule has 0 atom stereocenters. The fourth-order valence-electron chi connectivity index (χ4n) is 2.28.